The average Bonchev–Trinajstić information content (AvgIpc) is 2.41. The van der Waals surface area contributed by atoms with E-state index in [-0.39, 0.29) is 17.3 Å². The Hall–Kier alpha value is -2.44. The molecular weight excluding hydrogens is 268 g/mol. The summed E-state index contributed by atoms with van der Waals surface area (Å²) in [6, 6.07) is 7.88. The Balaban J connectivity index is 2.37. The second-order valence-electron chi connectivity index (χ2n) is 3.82. The van der Waals surface area contributed by atoms with Crippen LogP contribution in [0.15, 0.2) is 30.3 Å². The van der Waals surface area contributed by atoms with Crippen LogP contribution in [0.25, 0.3) is 11.3 Å². The SMILES string of the molecule is CCOc1ccc(-c2ccc(N)nn2)cc1OC(F)F. The molecule has 0 aliphatic carbocycles. The van der Waals surface area contributed by atoms with Crippen molar-refractivity contribution in [2.24, 2.45) is 0 Å². The highest BCUT2D eigenvalue weighted by molar-refractivity contribution is 5.64. The molecule has 2 N–H and O–H groups in total. The number of nitrogens with zero attached hydrogens (tertiary/aromatic N) is 2. The molecule has 0 atom stereocenters. The Labute approximate surface area is 114 Å². The zero-order chi connectivity index (χ0) is 14.5. The van der Waals surface area contributed by atoms with E-state index in [2.05, 4.69) is 14.9 Å². The van der Waals surface area contributed by atoms with E-state index < -0.39 is 6.61 Å². The fraction of sp³-hybridized carbons (Fsp3) is 0.231. The van der Waals surface area contributed by atoms with Gasteiger partial charge in [-0.05, 0) is 37.3 Å². The van der Waals surface area contributed by atoms with Crippen molar-refractivity contribution in [2.45, 2.75) is 13.5 Å². The van der Waals surface area contributed by atoms with Gasteiger partial charge in [-0.25, -0.2) is 0 Å². The van der Waals surface area contributed by atoms with Crippen molar-refractivity contribution in [2.75, 3.05) is 12.3 Å². The first-order valence-corrected chi connectivity index (χ1v) is 5.91. The maximum absolute atomic E-state index is 12.4. The molecule has 2 rings (SSSR count). The summed E-state index contributed by atoms with van der Waals surface area (Å²) in [5, 5.41) is 7.60. The minimum absolute atomic E-state index is 0.0435. The van der Waals surface area contributed by atoms with Crippen LogP contribution in [0.5, 0.6) is 11.5 Å². The number of rotatable bonds is 5. The molecule has 106 valence electrons. The summed E-state index contributed by atoms with van der Waals surface area (Å²) in [7, 11) is 0. The van der Waals surface area contributed by atoms with Gasteiger partial charge in [0.05, 0.1) is 12.3 Å². The third-order valence-electron chi connectivity index (χ3n) is 2.44. The van der Waals surface area contributed by atoms with Gasteiger partial charge in [0.15, 0.2) is 11.5 Å². The van der Waals surface area contributed by atoms with Crippen molar-refractivity contribution in [3.8, 4) is 22.8 Å². The normalized spacial score (nSPS) is 10.6. The Bertz CT molecular complexity index is 576. The predicted molar refractivity (Wildman–Crippen MR) is 69.7 cm³/mol. The highest BCUT2D eigenvalue weighted by atomic mass is 19.3. The van der Waals surface area contributed by atoms with Crippen LogP contribution in [-0.4, -0.2) is 23.4 Å². The van der Waals surface area contributed by atoms with E-state index >= 15 is 0 Å². The molecule has 0 fully saturated rings. The summed E-state index contributed by atoms with van der Waals surface area (Å²) >= 11 is 0. The predicted octanol–water partition coefficient (Wildman–Crippen LogP) is 2.73. The van der Waals surface area contributed by atoms with Crippen molar-refractivity contribution >= 4 is 5.82 Å². The van der Waals surface area contributed by atoms with Gasteiger partial charge in [-0.1, -0.05) is 0 Å². The number of nitrogen functional groups attached to an aromatic ring is 1. The Morgan fingerprint density at radius 2 is 1.95 bits per heavy atom. The zero-order valence-corrected chi connectivity index (χ0v) is 10.7. The Kier molecular flexibility index (Phi) is 4.29. The second-order valence-corrected chi connectivity index (χ2v) is 3.82. The highest BCUT2D eigenvalue weighted by Gasteiger charge is 2.13. The lowest BCUT2D eigenvalue weighted by Gasteiger charge is -2.12. The monoisotopic (exact) mass is 281 g/mol. The lowest BCUT2D eigenvalue weighted by molar-refractivity contribution is -0.0514. The lowest BCUT2D eigenvalue weighted by atomic mass is 10.1. The maximum Gasteiger partial charge on any atom is 0.387 e. The second kappa shape index (κ2) is 6.14. The number of hydrogen-bond donors (Lipinski definition) is 1. The lowest BCUT2D eigenvalue weighted by Crippen LogP contribution is -2.05. The zero-order valence-electron chi connectivity index (χ0n) is 10.7. The smallest absolute Gasteiger partial charge is 0.387 e. The minimum atomic E-state index is -2.93. The molecule has 0 saturated carbocycles. The molecule has 0 bridgehead atoms. The first-order valence-electron chi connectivity index (χ1n) is 5.91. The average molecular weight is 281 g/mol. The fourth-order valence-corrected chi connectivity index (χ4v) is 1.63. The molecule has 0 unspecified atom stereocenters. The molecule has 1 aromatic carbocycles. The van der Waals surface area contributed by atoms with Crippen molar-refractivity contribution in [1.29, 1.82) is 0 Å². The van der Waals surface area contributed by atoms with Gasteiger partial charge < -0.3 is 15.2 Å². The van der Waals surface area contributed by atoms with Gasteiger partial charge in [-0.3, -0.25) is 0 Å². The molecule has 0 saturated heterocycles. The molecule has 0 amide bonds. The Morgan fingerprint density at radius 1 is 1.15 bits per heavy atom. The van der Waals surface area contributed by atoms with E-state index in [1.54, 1.807) is 31.2 Å². The number of nitrogens with two attached hydrogens (primary N) is 1. The summed E-state index contributed by atoms with van der Waals surface area (Å²) in [4.78, 5) is 0. The van der Waals surface area contributed by atoms with Crippen molar-refractivity contribution in [3.05, 3.63) is 30.3 Å². The molecule has 1 aromatic heterocycles. The summed E-state index contributed by atoms with van der Waals surface area (Å²) in [6.45, 7) is -0.825. The maximum atomic E-state index is 12.4. The third-order valence-corrected chi connectivity index (χ3v) is 2.44. The molecule has 1 heterocycles. The topological polar surface area (TPSA) is 70.3 Å². The summed E-state index contributed by atoms with van der Waals surface area (Å²) in [5.74, 6) is 0.488. The molecule has 5 nitrogen and oxygen atoms in total. The minimum Gasteiger partial charge on any atom is -0.490 e. The first kappa shape index (κ1) is 14.0. The third kappa shape index (κ3) is 3.31. The van der Waals surface area contributed by atoms with Crippen LogP contribution in [-0.2, 0) is 0 Å². The van der Waals surface area contributed by atoms with E-state index in [4.69, 9.17) is 10.5 Å². The largest absolute Gasteiger partial charge is 0.490 e. The van der Waals surface area contributed by atoms with Gasteiger partial charge >= 0.3 is 6.61 Å². The molecule has 0 radical (unpaired) electrons. The van der Waals surface area contributed by atoms with Gasteiger partial charge in [0.2, 0.25) is 0 Å². The van der Waals surface area contributed by atoms with E-state index in [9.17, 15) is 8.78 Å². The number of benzene rings is 1. The summed E-state index contributed by atoms with van der Waals surface area (Å²) in [6.07, 6.45) is 0. The number of ether oxygens (including phenoxy) is 2. The van der Waals surface area contributed by atoms with Crippen molar-refractivity contribution < 1.29 is 18.3 Å². The first-order chi connectivity index (χ1) is 9.60. The number of hydrogen-bond acceptors (Lipinski definition) is 5. The fourth-order valence-electron chi connectivity index (χ4n) is 1.63. The van der Waals surface area contributed by atoms with E-state index in [1.165, 1.54) is 6.07 Å². The van der Waals surface area contributed by atoms with Crippen molar-refractivity contribution in [3.63, 3.8) is 0 Å². The van der Waals surface area contributed by atoms with Gasteiger partial charge in [-0.15, -0.1) is 10.2 Å². The van der Waals surface area contributed by atoms with Crippen LogP contribution in [0.4, 0.5) is 14.6 Å². The summed E-state index contributed by atoms with van der Waals surface area (Å²) < 4.78 is 34.5. The van der Waals surface area contributed by atoms with Gasteiger partial charge in [0.1, 0.15) is 5.82 Å². The van der Waals surface area contributed by atoms with Crippen molar-refractivity contribution in [1.82, 2.24) is 10.2 Å². The standard InChI is InChI=1S/C13H13F2N3O2/c1-2-19-10-5-3-8(7-11(10)20-13(14)15)9-4-6-12(16)18-17-9/h3-7,13H,2H2,1H3,(H2,16,18). The Morgan fingerprint density at radius 3 is 2.55 bits per heavy atom. The number of halogens is 2. The highest BCUT2D eigenvalue weighted by Crippen LogP contribution is 2.33. The van der Waals surface area contributed by atoms with Crippen LogP contribution in [0.3, 0.4) is 0 Å². The number of aromatic nitrogens is 2. The molecular formula is C13H13F2N3O2. The number of anilines is 1. The number of alkyl halides is 2. The molecule has 2 aromatic rings. The van der Waals surface area contributed by atoms with E-state index in [0.29, 0.717) is 17.9 Å². The van der Waals surface area contributed by atoms with Gasteiger partial charge in [-0.2, -0.15) is 8.78 Å². The summed E-state index contributed by atoms with van der Waals surface area (Å²) in [5.41, 5.74) is 6.53. The van der Waals surface area contributed by atoms with Gasteiger partial charge in [0, 0.05) is 5.56 Å². The quantitative estimate of drug-likeness (QED) is 0.912. The van der Waals surface area contributed by atoms with Gasteiger partial charge in [0.25, 0.3) is 0 Å². The van der Waals surface area contributed by atoms with Crippen LogP contribution < -0.4 is 15.2 Å². The van der Waals surface area contributed by atoms with E-state index in [1.807, 2.05) is 0 Å². The molecule has 0 aliphatic rings. The van der Waals surface area contributed by atoms with Crippen LogP contribution in [0.2, 0.25) is 0 Å². The molecule has 0 spiro atoms. The van der Waals surface area contributed by atoms with Crippen LogP contribution in [0.1, 0.15) is 6.92 Å². The molecule has 0 aliphatic heterocycles. The van der Waals surface area contributed by atoms with Crippen LogP contribution in [0, 0.1) is 0 Å². The van der Waals surface area contributed by atoms with E-state index in [0.717, 1.165) is 0 Å². The molecule has 20 heavy (non-hydrogen) atoms. The molecule has 7 heteroatoms. The van der Waals surface area contributed by atoms with Crippen LogP contribution >= 0.6 is 0 Å².